The summed E-state index contributed by atoms with van der Waals surface area (Å²) in [6.45, 7) is 7.89. The van der Waals surface area contributed by atoms with E-state index >= 15 is 0 Å². The van der Waals surface area contributed by atoms with Crippen LogP contribution in [0.4, 0.5) is 4.39 Å². The fourth-order valence-corrected chi connectivity index (χ4v) is 2.43. The Balaban J connectivity index is 2.36. The molecule has 1 aromatic carbocycles. The number of nitrogens with one attached hydrogen (secondary N) is 1. The molecule has 0 aliphatic heterocycles. The average molecular weight is 313 g/mol. The van der Waals surface area contributed by atoms with E-state index in [4.69, 9.17) is 0 Å². The second kappa shape index (κ2) is 7.80. The highest BCUT2D eigenvalue weighted by Gasteiger charge is 2.23. The van der Waals surface area contributed by atoms with Gasteiger partial charge in [0.25, 0.3) is 0 Å². The fraction of sp³-hybridized carbons (Fsp3) is 0.562. The summed E-state index contributed by atoms with van der Waals surface area (Å²) < 4.78 is 12.8. The van der Waals surface area contributed by atoms with Gasteiger partial charge in [-0.15, -0.1) is 11.8 Å². The predicted octanol–water partition coefficient (Wildman–Crippen LogP) is 3.08. The Morgan fingerprint density at radius 2 is 1.90 bits per heavy atom. The molecule has 0 aromatic heterocycles. The molecule has 1 rings (SSSR count). The highest BCUT2D eigenvalue weighted by molar-refractivity contribution is 7.99. The molecule has 1 amide bonds. The molecule has 0 spiro atoms. The predicted molar refractivity (Wildman–Crippen MR) is 84.8 cm³/mol. The molecule has 2 unspecified atom stereocenters. The molecule has 0 aliphatic carbocycles. The molecule has 0 fully saturated rings. The van der Waals surface area contributed by atoms with Crippen LogP contribution in [0.1, 0.15) is 27.7 Å². The van der Waals surface area contributed by atoms with Crippen LogP contribution in [0, 0.1) is 17.2 Å². The van der Waals surface area contributed by atoms with E-state index in [2.05, 4.69) is 5.32 Å². The first-order chi connectivity index (χ1) is 9.70. The van der Waals surface area contributed by atoms with E-state index in [-0.39, 0.29) is 29.6 Å². The summed E-state index contributed by atoms with van der Waals surface area (Å²) in [6, 6.07) is 6.22. The second-order valence-corrected chi connectivity index (χ2v) is 7.39. The molecule has 0 bridgehead atoms. The van der Waals surface area contributed by atoms with Crippen LogP contribution in [-0.4, -0.2) is 29.4 Å². The first kappa shape index (κ1) is 18.0. The van der Waals surface area contributed by atoms with Gasteiger partial charge < -0.3 is 10.4 Å². The van der Waals surface area contributed by atoms with Gasteiger partial charge in [-0.25, -0.2) is 4.39 Å². The number of benzene rings is 1. The molecule has 0 saturated carbocycles. The number of rotatable bonds is 6. The van der Waals surface area contributed by atoms with Crippen LogP contribution in [0.5, 0.6) is 0 Å². The van der Waals surface area contributed by atoms with Crippen LogP contribution >= 0.6 is 11.8 Å². The van der Waals surface area contributed by atoms with Gasteiger partial charge >= 0.3 is 0 Å². The van der Waals surface area contributed by atoms with Crippen molar-refractivity contribution in [2.75, 3.05) is 12.3 Å². The third-order valence-electron chi connectivity index (χ3n) is 3.23. The number of thioether (sulfide) groups is 1. The van der Waals surface area contributed by atoms with Crippen LogP contribution < -0.4 is 5.32 Å². The number of aliphatic hydroxyl groups is 1. The highest BCUT2D eigenvalue weighted by Crippen LogP contribution is 2.21. The number of halogens is 1. The van der Waals surface area contributed by atoms with Gasteiger partial charge in [0.05, 0.1) is 6.10 Å². The zero-order valence-electron chi connectivity index (χ0n) is 13.0. The van der Waals surface area contributed by atoms with Crippen LogP contribution in [-0.2, 0) is 4.79 Å². The molecule has 0 radical (unpaired) electrons. The van der Waals surface area contributed by atoms with Crippen molar-refractivity contribution in [3.8, 4) is 0 Å². The number of hydrogen-bond donors (Lipinski definition) is 2. The van der Waals surface area contributed by atoms with Gasteiger partial charge in [-0.3, -0.25) is 4.79 Å². The molecule has 2 atom stereocenters. The van der Waals surface area contributed by atoms with Crippen molar-refractivity contribution in [3.63, 3.8) is 0 Å². The molecule has 0 heterocycles. The largest absolute Gasteiger partial charge is 0.391 e. The molecular formula is C16H24FNO2S. The number of hydrogen-bond acceptors (Lipinski definition) is 3. The molecule has 0 aliphatic rings. The summed E-state index contributed by atoms with van der Waals surface area (Å²) >= 11 is 1.52. The molecule has 21 heavy (non-hydrogen) atoms. The molecule has 1 aromatic rings. The molecule has 5 heteroatoms. The smallest absolute Gasteiger partial charge is 0.223 e. The summed E-state index contributed by atoms with van der Waals surface area (Å²) in [5.74, 6) is 0.102. The lowest BCUT2D eigenvalue weighted by molar-refractivity contribution is -0.124. The van der Waals surface area contributed by atoms with E-state index in [0.717, 1.165) is 4.90 Å². The third kappa shape index (κ3) is 6.48. The topological polar surface area (TPSA) is 49.3 Å². The Kier molecular flexibility index (Phi) is 6.68. The van der Waals surface area contributed by atoms with Gasteiger partial charge in [-0.2, -0.15) is 0 Å². The lowest BCUT2D eigenvalue weighted by Gasteiger charge is -2.26. The molecular weight excluding hydrogens is 289 g/mol. The Morgan fingerprint density at radius 3 is 2.43 bits per heavy atom. The zero-order valence-corrected chi connectivity index (χ0v) is 13.8. The highest BCUT2D eigenvalue weighted by atomic mass is 32.2. The Morgan fingerprint density at radius 1 is 1.33 bits per heavy atom. The zero-order chi connectivity index (χ0) is 16.0. The van der Waals surface area contributed by atoms with Crippen molar-refractivity contribution in [3.05, 3.63) is 30.1 Å². The van der Waals surface area contributed by atoms with Gasteiger partial charge in [0.15, 0.2) is 0 Å². The summed E-state index contributed by atoms with van der Waals surface area (Å²) in [5, 5.41) is 12.7. The van der Waals surface area contributed by atoms with Gasteiger partial charge in [0, 0.05) is 23.1 Å². The van der Waals surface area contributed by atoms with E-state index in [0.29, 0.717) is 5.75 Å². The Labute approximate surface area is 130 Å². The van der Waals surface area contributed by atoms with E-state index in [1.807, 2.05) is 27.7 Å². The van der Waals surface area contributed by atoms with Crippen molar-refractivity contribution in [2.24, 2.45) is 11.3 Å². The minimum atomic E-state index is -0.571. The normalized spacial score (nSPS) is 14.6. The Hall–Kier alpha value is -1.07. The van der Waals surface area contributed by atoms with Crippen LogP contribution in [0.2, 0.25) is 0 Å². The van der Waals surface area contributed by atoms with Gasteiger partial charge in [-0.1, -0.05) is 27.7 Å². The maximum Gasteiger partial charge on any atom is 0.223 e. The van der Waals surface area contributed by atoms with E-state index in [9.17, 15) is 14.3 Å². The summed E-state index contributed by atoms with van der Waals surface area (Å²) in [5.41, 5.74) is -0.251. The van der Waals surface area contributed by atoms with Gasteiger partial charge in [0.1, 0.15) is 5.82 Å². The van der Waals surface area contributed by atoms with Crippen molar-refractivity contribution < 1.29 is 14.3 Å². The maximum atomic E-state index is 12.8. The monoisotopic (exact) mass is 313 g/mol. The number of carbonyl (C=O) groups excluding carboxylic acids is 1. The van der Waals surface area contributed by atoms with Crippen molar-refractivity contribution >= 4 is 17.7 Å². The van der Waals surface area contributed by atoms with Crippen molar-refractivity contribution in [2.45, 2.75) is 38.7 Å². The minimum Gasteiger partial charge on any atom is -0.391 e. The minimum absolute atomic E-state index is 0.0760. The van der Waals surface area contributed by atoms with Crippen molar-refractivity contribution in [1.82, 2.24) is 5.32 Å². The Bertz CT molecular complexity index is 456. The lowest BCUT2D eigenvalue weighted by Crippen LogP contribution is -2.41. The second-order valence-electron chi connectivity index (χ2n) is 6.29. The van der Waals surface area contributed by atoms with Crippen LogP contribution in [0.15, 0.2) is 29.2 Å². The summed E-state index contributed by atoms with van der Waals surface area (Å²) in [4.78, 5) is 12.9. The quantitative estimate of drug-likeness (QED) is 0.794. The molecule has 0 saturated heterocycles. The lowest BCUT2D eigenvalue weighted by atomic mass is 9.89. The average Bonchev–Trinajstić information content (AvgIpc) is 2.42. The number of aliphatic hydroxyl groups excluding tert-OH is 1. The first-order valence-electron chi connectivity index (χ1n) is 7.04. The van der Waals surface area contributed by atoms with Crippen LogP contribution in [0.25, 0.3) is 0 Å². The summed E-state index contributed by atoms with van der Waals surface area (Å²) in [6.07, 6.45) is -0.571. The fourth-order valence-electron chi connectivity index (χ4n) is 1.51. The van der Waals surface area contributed by atoms with Gasteiger partial charge in [-0.05, 0) is 29.7 Å². The molecule has 2 N–H and O–H groups in total. The molecule has 118 valence electrons. The SMILES string of the molecule is CC(CSc1ccc(F)cc1)C(=O)NCC(O)C(C)(C)C. The van der Waals surface area contributed by atoms with E-state index in [1.54, 1.807) is 12.1 Å². The number of amides is 1. The summed E-state index contributed by atoms with van der Waals surface area (Å²) in [7, 11) is 0. The van der Waals surface area contributed by atoms with E-state index < -0.39 is 6.10 Å². The van der Waals surface area contributed by atoms with Crippen molar-refractivity contribution in [1.29, 1.82) is 0 Å². The maximum absolute atomic E-state index is 12.8. The van der Waals surface area contributed by atoms with Gasteiger partial charge in [0.2, 0.25) is 5.91 Å². The third-order valence-corrected chi connectivity index (χ3v) is 4.50. The first-order valence-corrected chi connectivity index (χ1v) is 8.03. The van der Waals surface area contributed by atoms with Crippen LogP contribution in [0.3, 0.4) is 0 Å². The standard InChI is InChI=1S/C16H24FNO2S/c1-11(10-21-13-7-5-12(17)6-8-13)15(20)18-9-14(19)16(2,3)4/h5-8,11,14,19H,9-10H2,1-4H3,(H,18,20). The molecule has 3 nitrogen and oxygen atoms in total. The number of carbonyl (C=O) groups is 1. The van der Waals surface area contributed by atoms with E-state index in [1.165, 1.54) is 23.9 Å².